The molecule has 1 N–H and O–H groups in total. The van der Waals surface area contributed by atoms with Crippen LogP contribution in [0.1, 0.15) is 57.6 Å². The molecule has 1 fully saturated rings. The minimum Gasteiger partial charge on any atom is -0.493 e. The Bertz CT molecular complexity index is 521. The second kappa shape index (κ2) is 7.17. The zero-order chi connectivity index (χ0) is 16.3. The van der Waals surface area contributed by atoms with E-state index < -0.39 is 5.97 Å². The lowest BCUT2D eigenvalue weighted by molar-refractivity contribution is -0.139. The Morgan fingerprint density at radius 1 is 1.36 bits per heavy atom. The van der Waals surface area contributed by atoms with E-state index in [4.69, 9.17) is 9.84 Å². The Kier molecular flexibility index (Phi) is 5.49. The first-order chi connectivity index (χ1) is 10.4. The highest BCUT2D eigenvalue weighted by Gasteiger charge is 2.46. The van der Waals surface area contributed by atoms with Gasteiger partial charge in [-0.05, 0) is 54.2 Å². The van der Waals surface area contributed by atoms with E-state index in [0.29, 0.717) is 17.8 Å². The van der Waals surface area contributed by atoms with Gasteiger partial charge in [-0.3, -0.25) is 4.79 Å². The van der Waals surface area contributed by atoms with Crippen LogP contribution < -0.4 is 4.74 Å². The number of rotatable bonds is 8. The molecule has 1 aliphatic rings. The maximum absolute atomic E-state index is 11.0. The molecule has 3 nitrogen and oxygen atoms in total. The number of hydrogen-bond acceptors (Lipinski definition) is 2. The standard InChI is InChI=1S/C19H28O3/c1-5-8-22-18-7-6-14(10-15(18)12(2)3)9-13(4)16-11-17(16)19(20)21/h6-7,10,12-13,16-17H,5,8-9,11H2,1-4H3,(H,20,21). The molecule has 1 aromatic carbocycles. The molecule has 0 amide bonds. The summed E-state index contributed by atoms with van der Waals surface area (Å²) in [5.41, 5.74) is 2.54. The van der Waals surface area contributed by atoms with Crippen molar-refractivity contribution in [2.24, 2.45) is 17.8 Å². The zero-order valence-corrected chi connectivity index (χ0v) is 14.1. The van der Waals surface area contributed by atoms with E-state index in [9.17, 15) is 4.79 Å². The van der Waals surface area contributed by atoms with Crippen molar-refractivity contribution >= 4 is 5.97 Å². The average molecular weight is 304 g/mol. The first-order valence-electron chi connectivity index (χ1n) is 8.42. The van der Waals surface area contributed by atoms with Gasteiger partial charge in [0.1, 0.15) is 5.75 Å². The second-order valence-corrected chi connectivity index (χ2v) is 6.90. The van der Waals surface area contributed by atoms with E-state index in [1.807, 2.05) is 0 Å². The summed E-state index contributed by atoms with van der Waals surface area (Å²) in [6, 6.07) is 6.45. The molecule has 2 rings (SSSR count). The van der Waals surface area contributed by atoms with Crippen molar-refractivity contribution in [2.45, 2.75) is 52.9 Å². The molecule has 0 bridgehead atoms. The fraction of sp³-hybridized carbons (Fsp3) is 0.632. The van der Waals surface area contributed by atoms with E-state index in [0.717, 1.165) is 31.6 Å². The molecule has 0 aliphatic heterocycles. The Morgan fingerprint density at radius 3 is 2.64 bits per heavy atom. The molecular weight excluding hydrogens is 276 g/mol. The Balaban J connectivity index is 2.05. The molecule has 122 valence electrons. The van der Waals surface area contributed by atoms with E-state index in [1.54, 1.807) is 0 Å². The molecule has 3 unspecified atom stereocenters. The largest absolute Gasteiger partial charge is 0.493 e. The van der Waals surface area contributed by atoms with E-state index in [-0.39, 0.29) is 5.92 Å². The van der Waals surface area contributed by atoms with E-state index in [2.05, 4.69) is 45.9 Å². The van der Waals surface area contributed by atoms with Crippen LogP contribution in [0.4, 0.5) is 0 Å². The van der Waals surface area contributed by atoms with Gasteiger partial charge < -0.3 is 9.84 Å². The van der Waals surface area contributed by atoms with Crippen molar-refractivity contribution in [3.05, 3.63) is 29.3 Å². The summed E-state index contributed by atoms with van der Waals surface area (Å²) in [6.07, 6.45) is 2.79. The third-order valence-corrected chi connectivity index (χ3v) is 4.60. The predicted octanol–water partition coefficient (Wildman–Crippen LogP) is 4.50. The molecule has 3 heteroatoms. The topological polar surface area (TPSA) is 46.5 Å². The van der Waals surface area contributed by atoms with Crippen LogP contribution in [0.2, 0.25) is 0 Å². The number of benzene rings is 1. The van der Waals surface area contributed by atoms with Crippen LogP contribution in [0.5, 0.6) is 5.75 Å². The smallest absolute Gasteiger partial charge is 0.306 e. The maximum atomic E-state index is 11.0. The molecule has 1 saturated carbocycles. The summed E-state index contributed by atoms with van der Waals surface area (Å²) in [5, 5.41) is 9.06. The Morgan fingerprint density at radius 2 is 2.09 bits per heavy atom. The average Bonchev–Trinajstić information content (AvgIpc) is 3.26. The zero-order valence-electron chi connectivity index (χ0n) is 14.1. The summed E-state index contributed by atoms with van der Waals surface area (Å²) in [7, 11) is 0. The van der Waals surface area contributed by atoms with Gasteiger partial charge in [-0.25, -0.2) is 0 Å². The summed E-state index contributed by atoms with van der Waals surface area (Å²) in [5.74, 6) is 1.42. The number of carboxylic acid groups (broad SMARTS) is 1. The van der Waals surface area contributed by atoms with Crippen LogP contribution in [0.3, 0.4) is 0 Å². The summed E-state index contributed by atoms with van der Waals surface area (Å²) in [6.45, 7) is 9.40. The van der Waals surface area contributed by atoms with Gasteiger partial charge in [-0.15, -0.1) is 0 Å². The lowest BCUT2D eigenvalue weighted by atomic mass is 9.92. The highest BCUT2D eigenvalue weighted by atomic mass is 16.5. The minimum absolute atomic E-state index is 0.119. The van der Waals surface area contributed by atoms with Crippen molar-refractivity contribution in [2.75, 3.05) is 6.61 Å². The fourth-order valence-corrected chi connectivity index (χ4v) is 3.17. The van der Waals surface area contributed by atoms with Gasteiger partial charge in [-0.2, -0.15) is 0 Å². The van der Waals surface area contributed by atoms with Gasteiger partial charge in [0.15, 0.2) is 0 Å². The molecule has 3 atom stereocenters. The third kappa shape index (κ3) is 4.02. The van der Waals surface area contributed by atoms with Crippen molar-refractivity contribution in [3.8, 4) is 5.75 Å². The van der Waals surface area contributed by atoms with Crippen molar-refractivity contribution in [1.82, 2.24) is 0 Å². The SMILES string of the molecule is CCCOc1ccc(CC(C)C2CC2C(=O)O)cc1C(C)C. The highest BCUT2D eigenvalue weighted by molar-refractivity contribution is 5.73. The lowest BCUT2D eigenvalue weighted by Crippen LogP contribution is -2.09. The molecule has 0 spiro atoms. The van der Waals surface area contributed by atoms with E-state index in [1.165, 1.54) is 11.1 Å². The van der Waals surface area contributed by atoms with Crippen LogP contribution in [-0.4, -0.2) is 17.7 Å². The van der Waals surface area contributed by atoms with Crippen molar-refractivity contribution in [3.63, 3.8) is 0 Å². The van der Waals surface area contributed by atoms with Crippen LogP contribution in [0, 0.1) is 17.8 Å². The van der Waals surface area contributed by atoms with Crippen LogP contribution in [0.15, 0.2) is 18.2 Å². The monoisotopic (exact) mass is 304 g/mol. The number of hydrogen-bond donors (Lipinski definition) is 1. The molecular formula is C19H28O3. The molecule has 0 saturated heterocycles. The molecule has 1 aliphatic carbocycles. The molecule has 1 aromatic rings. The maximum Gasteiger partial charge on any atom is 0.306 e. The highest BCUT2D eigenvalue weighted by Crippen LogP contribution is 2.45. The van der Waals surface area contributed by atoms with E-state index >= 15 is 0 Å². The Hall–Kier alpha value is -1.51. The molecule has 0 aromatic heterocycles. The summed E-state index contributed by atoms with van der Waals surface area (Å²) < 4.78 is 5.84. The number of ether oxygens (including phenoxy) is 1. The van der Waals surface area contributed by atoms with Gasteiger partial charge in [-0.1, -0.05) is 39.8 Å². The van der Waals surface area contributed by atoms with Crippen molar-refractivity contribution < 1.29 is 14.6 Å². The number of aliphatic carboxylic acids is 1. The summed E-state index contributed by atoms with van der Waals surface area (Å²) >= 11 is 0. The van der Waals surface area contributed by atoms with Crippen LogP contribution in [0.25, 0.3) is 0 Å². The quantitative estimate of drug-likeness (QED) is 0.769. The fourth-order valence-electron chi connectivity index (χ4n) is 3.17. The molecule has 0 heterocycles. The first kappa shape index (κ1) is 16.9. The normalized spacial score (nSPS) is 21.7. The van der Waals surface area contributed by atoms with Gasteiger partial charge in [0.25, 0.3) is 0 Å². The first-order valence-corrected chi connectivity index (χ1v) is 8.42. The van der Waals surface area contributed by atoms with Crippen LogP contribution >= 0.6 is 0 Å². The van der Waals surface area contributed by atoms with Gasteiger partial charge in [0.05, 0.1) is 12.5 Å². The number of carbonyl (C=O) groups is 1. The predicted molar refractivity (Wildman–Crippen MR) is 88.4 cm³/mol. The molecule has 0 radical (unpaired) electrons. The Labute approximate surface area is 133 Å². The molecule has 22 heavy (non-hydrogen) atoms. The number of carboxylic acids is 1. The van der Waals surface area contributed by atoms with Gasteiger partial charge in [0, 0.05) is 0 Å². The lowest BCUT2D eigenvalue weighted by Gasteiger charge is -2.17. The third-order valence-electron chi connectivity index (χ3n) is 4.60. The minimum atomic E-state index is -0.636. The van der Waals surface area contributed by atoms with Gasteiger partial charge >= 0.3 is 5.97 Å². The summed E-state index contributed by atoms with van der Waals surface area (Å²) in [4.78, 5) is 11.0. The van der Waals surface area contributed by atoms with Gasteiger partial charge in [0.2, 0.25) is 0 Å². The second-order valence-electron chi connectivity index (χ2n) is 6.90. The van der Waals surface area contributed by atoms with Crippen molar-refractivity contribution in [1.29, 1.82) is 0 Å². The van der Waals surface area contributed by atoms with Crippen LogP contribution in [-0.2, 0) is 11.2 Å².